The van der Waals surface area contributed by atoms with Gasteiger partial charge in [-0.3, -0.25) is 0 Å². The predicted octanol–water partition coefficient (Wildman–Crippen LogP) is 3.59. The van der Waals surface area contributed by atoms with Crippen molar-refractivity contribution in [1.29, 1.82) is 0 Å². The molecule has 1 aromatic rings. The third-order valence-electron chi connectivity index (χ3n) is 2.36. The molecular formula is C12H22N2S2. The smallest absolute Gasteiger partial charge is 0.103 e. The van der Waals surface area contributed by atoms with Gasteiger partial charge in [0.15, 0.2) is 0 Å². The fourth-order valence-electron chi connectivity index (χ4n) is 1.41. The van der Waals surface area contributed by atoms with Gasteiger partial charge < -0.3 is 5.32 Å². The lowest BCUT2D eigenvalue weighted by atomic mass is 10.3. The molecule has 2 nitrogen and oxygen atoms in total. The Labute approximate surface area is 107 Å². The van der Waals surface area contributed by atoms with Crippen LogP contribution in [0.2, 0.25) is 0 Å². The highest BCUT2D eigenvalue weighted by Crippen LogP contribution is 2.21. The summed E-state index contributed by atoms with van der Waals surface area (Å²) in [6, 6.07) is 0. The van der Waals surface area contributed by atoms with Gasteiger partial charge in [0, 0.05) is 17.2 Å². The van der Waals surface area contributed by atoms with E-state index in [0.717, 1.165) is 18.8 Å². The fourth-order valence-corrected chi connectivity index (χ4v) is 3.17. The minimum absolute atomic E-state index is 0.986. The number of hydrogen-bond acceptors (Lipinski definition) is 4. The average Bonchev–Trinajstić information content (AvgIpc) is 2.63. The van der Waals surface area contributed by atoms with Crippen LogP contribution in [0.3, 0.4) is 0 Å². The van der Waals surface area contributed by atoms with Crippen molar-refractivity contribution in [3.63, 3.8) is 0 Å². The summed E-state index contributed by atoms with van der Waals surface area (Å²) in [5.41, 5.74) is 1.21. The number of nitrogens with zero attached hydrogens (tertiary/aromatic N) is 1. The minimum atomic E-state index is 0.986. The molecule has 0 saturated carbocycles. The molecule has 16 heavy (non-hydrogen) atoms. The van der Waals surface area contributed by atoms with E-state index >= 15 is 0 Å². The second-order valence-electron chi connectivity index (χ2n) is 3.78. The quantitative estimate of drug-likeness (QED) is 0.721. The summed E-state index contributed by atoms with van der Waals surface area (Å²) in [4.78, 5) is 6.01. The minimum Gasteiger partial charge on any atom is -0.312 e. The van der Waals surface area contributed by atoms with Crippen molar-refractivity contribution in [2.75, 3.05) is 12.3 Å². The Morgan fingerprint density at radius 2 is 2.19 bits per heavy atom. The van der Waals surface area contributed by atoms with Crippen LogP contribution >= 0.6 is 23.1 Å². The number of aromatic nitrogens is 1. The van der Waals surface area contributed by atoms with Crippen LogP contribution in [0.15, 0.2) is 0 Å². The van der Waals surface area contributed by atoms with Gasteiger partial charge in [-0.15, -0.1) is 11.3 Å². The van der Waals surface area contributed by atoms with Crippen molar-refractivity contribution in [2.45, 2.75) is 45.9 Å². The zero-order valence-corrected chi connectivity index (χ0v) is 12.1. The van der Waals surface area contributed by atoms with Gasteiger partial charge in [0.25, 0.3) is 0 Å². The number of hydrogen-bond donors (Lipinski definition) is 1. The van der Waals surface area contributed by atoms with E-state index in [1.807, 2.05) is 23.1 Å². The Morgan fingerprint density at radius 1 is 1.38 bits per heavy atom. The second kappa shape index (κ2) is 8.09. The highest BCUT2D eigenvalue weighted by molar-refractivity contribution is 7.98. The molecule has 0 saturated heterocycles. The molecule has 1 rings (SSSR count). The summed E-state index contributed by atoms with van der Waals surface area (Å²) in [6.45, 7) is 8.64. The van der Waals surface area contributed by atoms with E-state index in [1.165, 1.54) is 34.2 Å². The van der Waals surface area contributed by atoms with Crippen LogP contribution in [0.25, 0.3) is 0 Å². The van der Waals surface area contributed by atoms with E-state index in [4.69, 9.17) is 0 Å². The van der Waals surface area contributed by atoms with Crippen LogP contribution in [0.4, 0.5) is 0 Å². The van der Waals surface area contributed by atoms with Crippen molar-refractivity contribution in [2.24, 2.45) is 0 Å². The van der Waals surface area contributed by atoms with Crippen LogP contribution in [0.5, 0.6) is 0 Å². The molecule has 0 unspecified atom stereocenters. The van der Waals surface area contributed by atoms with Crippen molar-refractivity contribution >= 4 is 23.1 Å². The summed E-state index contributed by atoms with van der Waals surface area (Å²) in [5, 5.41) is 4.75. The first-order chi connectivity index (χ1) is 7.77. The number of aryl methyl sites for hydroxylation is 1. The summed E-state index contributed by atoms with van der Waals surface area (Å²) in [7, 11) is 0. The molecule has 0 aromatic carbocycles. The number of rotatable bonds is 8. The van der Waals surface area contributed by atoms with Crippen LogP contribution in [0.1, 0.15) is 42.3 Å². The molecule has 0 aliphatic carbocycles. The first-order valence-corrected chi connectivity index (χ1v) is 7.98. The number of thioether (sulfide) groups is 1. The predicted molar refractivity (Wildman–Crippen MR) is 75.3 cm³/mol. The van der Waals surface area contributed by atoms with Gasteiger partial charge >= 0.3 is 0 Å². The largest absolute Gasteiger partial charge is 0.312 e. The van der Waals surface area contributed by atoms with Crippen molar-refractivity contribution in [3.05, 3.63) is 15.6 Å². The zero-order chi connectivity index (χ0) is 11.8. The molecule has 0 spiro atoms. The molecule has 4 heteroatoms. The fraction of sp³-hybridized carbons (Fsp3) is 0.750. The molecule has 0 bridgehead atoms. The van der Waals surface area contributed by atoms with E-state index < -0.39 is 0 Å². The second-order valence-corrected chi connectivity index (χ2v) is 6.23. The van der Waals surface area contributed by atoms with Gasteiger partial charge in [0.05, 0.1) is 5.69 Å². The van der Waals surface area contributed by atoms with Crippen molar-refractivity contribution < 1.29 is 0 Å². The zero-order valence-electron chi connectivity index (χ0n) is 10.5. The number of thiazole rings is 1. The molecule has 1 heterocycles. The number of unbranched alkanes of at least 4 members (excludes halogenated alkanes) is 1. The Morgan fingerprint density at radius 3 is 2.88 bits per heavy atom. The Bertz CT molecular complexity index is 297. The summed E-state index contributed by atoms with van der Waals surface area (Å²) in [5.74, 6) is 2.24. The van der Waals surface area contributed by atoms with Gasteiger partial charge in [0.2, 0.25) is 0 Å². The van der Waals surface area contributed by atoms with Crippen molar-refractivity contribution in [1.82, 2.24) is 10.3 Å². The van der Waals surface area contributed by atoms with Crippen molar-refractivity contribution in [3.8, 4) is 0 Å². The normalized spacial score (nSPS) is 10.9. The van der Waals surface area contributed by atoms with Gasteiger partial charge in [-0.2, -0.15) is 11.8 Å². The van der Waals surface area contributed by atoms with E-state index in [9.17, 15) is 0 Å². The van der Waals surface area contributed by atoms with E-state index in [-0.39, 0.29) is 0 Å². The van der Waals surface area contributed by atoms with Gasteiger partial charge in [-0.1, -0.05) is 20.3 Å². The highest BCUT2D eigenvalue weighted by Gasteiger charge is 2.06. The first-order valence-electron chi connectivity index (χ1n) is 6.01. The molecule has 0 amide bonds. The van der Waals surface area contributed by atoms with Gasteiger partial charge in [-0.25, -0.2) is 4.98 Å². The maximum absolute atomic E-state index is 4.60. The standard InChI is InChI=1S/C12H22N2S2/c1-4-6-7-13-8-11-10(3)14-12(16-11)9-15-5-2/h13H,4-9H2,1-3H3. The molecule has 1 aromatic heterocycles. The Balaban J connectivity index is 2.37. The van der Waals surface area contributed by atoms with Crippen LogP contribution < -0.4 is 5.32 Å². The molecule has 1 N–H and O–H groups in total. The van der Waals surface area contributed by atoms with E-state index in [0.29, 0.717) is 0 Å². The lowest BCUT2D eigenvalue weighted by molar-refractivity contribution is 0.644. The Hall–Kier alpha value is -0.0600. The molecule has 0 aliphatic heterocycles. The number of nitrogens with one attached hydrogen (secondary N) is 1. The summed E-state index contributed by atoms with van der Waals surface area (Å²) in [6.07, 6.45) is 2.52. The molecule has 92 valence electrons. The van der Waals surface area contributed by atoms with E-state index in [2.05, 4.69) is 31.1 Å². The molecule has 0 aliphatic rings. The van der Waals surface area contributed by atoms with Crippen LogP contribution in [0, 0.1) is 6.92 Å². The maximum atomic E-state index is 4.60. The van der Waals surface area contributed by atoms with E-state index in [1.54, 1.807) is 0 Å². The lowest BCUT2D eigenvalue weighted by Gasteiger charge is -2.01. The third-order valence-corrected chi connectivity index (χ3v) is 4.59. The highest BCUT2D eigenvalue weighted by atomic mass is 32.2. The Kier molecular flexibility index (Phi) is 7.08. The van der Waals surface area contributed by atoms with Gasteiger partial charge in [-0.05, 0) is 25.6 Å². The maximum Gasteiger partial charge on any atom is 0.103 e. The topological polar surface area (TPSA) is 24.9 Å². The monoisotopic (exact) mass is 258 g/mol. The third kappa shape index (κ3) is 4.85. The van der Waals surface area contributed by atoms with Gasteiger partial charge in [0.1, 0.15) is 5.01 Å². The lowest BCUT2D eigenvalue weighted by Crippen LogP contribution is -2.14. The summed E-state index contributed by atoms with van der Waals surface area (Å²) >= 11 is 3.81. The SMILES string of the molecule is CCCCNCc1sc(CSCC)nc1C. The average molecular weight is 258 g/mol. The molecule has 0 fully saturated rings. The van der Waals surface area contributed by atoms with Crippen LogP contribution in [-0.4, -0.2) is 17.3 Å². The molecule has 0 atom stereocenters. The van der Waals surface area contributed by atoms with Crippen LogP contribution in [-0.2, 0) is 12.3 Å². The molecule has 0 radical (unpaired) electrons. The first kappa shape index (κ1) is 14.0. The summed E-state index contributed by atoms with van der Waals surface area (Å²) < 4.78 is 0. The molecular weight excluding hydrogens is 236 g/mol.